The third-order valence-corrected chi connectivity index (χ3v) is 4.43. The molecule has 2 amide bonds. The van der Waals surface area contributed by atoms with Gasteiger partial charge >= 0.3 is 6.09 Å². The Morgan fingerprint density at radius 1 is 1.25 bits per heavy atom. The van der Waals surface area contributed by atoms with Crippen molar-refractivity contribution in [1.82, 2.24) is 9.96 Å². The minimum Gasteiger partial charge on any atom is -0.444 e. The summed E-state index contributed by atoms with van der Waals surface area (Å²) in [6.07, 6.45) is 0.307. The smallest absolute Gasteiger partial charge is 0.410 e. The van der Waals surface area contributed by atoms with E-state index in [1.165, 1.54) is 12.2 Å². The molecule has 0 aromatic rings. The molecule has 0 aromatic heterocycles. The van der Waals surface area contributed by atoms with Gasteiger partial charge in [-0.1, -0.05) is 13.8 Å². The maximum Gasteiger partial charge on any atom is 0.410 e. The molecule has 0 aliphatic carbocycles. The van der Waals surface area contributed by atoms with Crippen molar-refractivity contribution in [3.05, 3.63) is 0 Å². The van der Waals surface area contributed by atoms with E-state index in [0.29, 0.717) is 6.54 Å². The molecule has 0 bridgehead atoms. The molecule has 0 saturated carbocycles. The van der Waals surface area contributed by atoms with Gasteiger partial charge in [-0.3, -0.25) is 9.63 Å². The lowest BCUT2D eigenvalue weighted by Crippen LogP contribution is -2.58. The molecular formula is C17H32N2O5. The van der Waals surface area contributed by atoms with E-state index in [1.807, 2.05) is 34.6 Å². The van der Waals surface area contributed by atoms with Gasteiger partial charge in [0.1, 0.15) is 5.60 Å². The molecule has 2 unspecified atom stereocenters. The predicted molar refractivity (Wildman–Crippen MR) is 90.2 cm³/mol. The fraction of sp³-hybridized carbons (Fsp3) is 0.882. The molecular weight excluding hydrogens is 312 g/mol. The van der Waals surface area contributed by atoms with Crippen LogP contribution in [0.15, 0.2) is 0 Å². The van der Waals surface area contributed by atoms with Crippen molar-refractivity contribution in [2.45, 2.75) is 58.8 Å². The van der Waals surface area contributed by atoms with Crippen molar-refractivity contribution in [3.63, 3.8) is 0 Å². The number of nitrogens with zero attached hydrogens (tertiary/aromatic N) is 2. The number of hydrogen-bond acceptors (Lipinski definition) is 5. The summed E-state index contributed by atoms with van der Waals surface area (Å²) in [5, 5.41) is 1.20. The molecule has 0 aromatic carbocycles. The molecule has 0 spiro atoms. The highest BCUT2D eigenvalue weighted by atomic mass is 16.7. The van der Waals surface area contributed by atoms with E-state index in [0.717, 1.165) is 6.42 Å². The topological polar surface area (TPSA) is 68.3 Å². The Kier molecular flexibility index (Phi) is 7.04. The highest BCUT2D eigenvalue weighted by molar-refractivity contribution is 5.79. The summed E-state index contributed by atoms with van der Waals surface area (Å²) >= 11 is 0. The van der Waals surface area contributed by atoms with Gasteiger partial charge in [0.05, 0.1) is 25.7 Å². The lowest BCUT2D eigenvalue weighted by Gasteiger charge is -2.45. The number of methoxy groups -OCH3 is 1. The minimum atomic E-state index is -0.596. The van der Waals surface area contributed by atoms with E-state index in [-0.39, 0.29) is 24.0 Å². The normalized spacial score (nSPS) is 26.0. The Morgan fingerprint density at radius 3 is 2.29 bits per heavy atom. The number of carbonyl (C=O) groups excluding carboxylic acids is 2. The van der Waals surface area contributed by atoms with Gasteiger partial charge in [0, 0.05) is 20.2 Å². The Balaban J connectivity index is 3.06. The molecule has 140 valence electrons. The van der Waals surface area contributed by atoms with E-state index in [2.05, 4.69) is 0 Å². The van der Waals surface area contributed by atoms with Crippen LogP contribution in [0.5, 0.6) is 0 Å². The summed E-state index contributed by atoms with van der Waals surface area (Å²) in [6, 6.07) is -0.267. The quantitative estimate of drug-likeness (QED) is 0.732. The summed E-state index contributed by atoms with van der Waals surface area (Å²) in [7, 11) is 4.65. The first kappa shape index (κ1) is 20.7. The maximum atomic E-state index is 12.7. The van der Waals surface area contributed by atoms with Crippen LogP contribution in [-0.2, 0) is 19.1 Å². The summed E-state index contributed by atoms with van der Waals surface area (Å²) < 4.78 is 11.0. The fourth-order valence-electron chi connectivity index (χ4n) is 3.25. The van der Waals surface area contributed by atoms with Gasteiger partial charge in [-0.2, -0.15) is 0 Å². The lowest BCUT2D eigenvalue weighted by atomic mass is 9.81. The standard InChI is InChI=1S/C17H32N2O5/c1-11-9-13(22-7)10-19(16(21)24-17(3,4)5)14(11)12(2)15(20)18(6)23-8/h11-14H,9-10H2,1-8H3/t11?,12?,13-,14+/m1/s1. The Hall–Kier alpha value is -1.34. The second kappa shape index (κ2) is 8.16. The zero-order valence-electron chi connectivity index (χ0n) is 16.2. The number of rotatable bonds is 4. The first-order valence-corrected chi connectivity index (χ1v) is 8.35. The van der Waals surface area contributed by atoms with Gasteiger partial charge in [0.2, 0.25) is 0 Å². The molecule has 24 heavy (non-hydrogen) atoms. The van der Waals surface area contributed by atoms with E-state index in [9.17, 15) is 9.59 Å². The van der Waals surface area contributed by atoms with Crippen molar-refractivity contribution < 1.29 is 23.9 Å². The van der Waals surface area contributed by atoms with Crippen LogP contribution < -0.4 is 0 Å². The van der Waals surface area contributed by atoms with Crippen LogP contribution >= 0.6 is 0 Å². The number of hydrogen-bond donors (Lipinski definition) is 0. The van der Waals surface area contributed by atoms with Gasteiger partial charge in [-0.15, -0.1) is 0 Å². The molecule has 1 fully saturated rings. The van der Waals surface area contributed by atoms with Crippen molar-refractivity contribution >= 4 is 12.0 Å². The first-order chi connectivity index (χ1) is 11.0. The predicted octanol–water partition coefficient (Wildman–Crippen LogP) is 2.30. The van der Waals surface area contributed by atoms with E-state index >= 15 is 0 Å². The Labute approximate surface area is 145 Å². The molecule has 1 saturated heterocycles. The molecule has 0 radical (unpaired) electrons. The van der Waals surface area contributed by atoms with E-state index in [4.69, 9.17) is 14.3 Å². The van der Waals surface area contributed by atoms with Crippen molar-refractivity contribution in [1.29, 1.82) is 0 Å². The van der Waals surface area contributed by atoms with Crippen molar-refractivity contribution in [3.8, 4) is 0 Å². The number of carbonyl (C=O) groups is 2. The summed E-state index contributed by atoms with van der Waals surface area (Å²) in [4.78, 5) is 31.8. The maximum absolute atomic E-state index is 12.7. The number of ether oxygens (including phenoxy) is 2. The highest BCUT2D eigenvalue weighted by Gasteiger charge is 2.43. The van der Waals surface area contributed by atoms with Crippen LogP contribution in [0.1, 0.15) is 41.0 Å². The van der Waals surface area contributed by atoms with Crippen molar-refractivity contribution in [2.75, 3.05) is 27.8 Å². The molecule has 4 atom stereocenters. The lowest BCUT2D eigenvalue weighted by molar-refractivity contribution is -0.176. The first-order valence-electron chi connectivity index (χ1n) is 8.35. The van der Waals surface area contributed by atoms with Crippen LogP contribution in [0, 0.1) is 11.8 Å². The second-order valence-electron chi connectivity index (χ2n) is 7.50. The fourth-order valence-corrected chi connectivity index (χ4v) is 3.25. The van der Waals surface area contributed by atoms with Crippen LogP contribution in [0.4, 0.5) is 4.79 Å². The third kappa shape index (κ3) is 5.08. The monoisotopic (exact) mass is 344 g/mol. The molecule has 1 aliphatic rings. The van der Waals surface area contributed by atoms with Crippen LogP contribution in [0.25, 0.3) is 0 Å². The highest BCUT2D eigenvalue weighted by Crippen LogP contribution is 2.32. The SMILES string of the molecule is CO[C@@H]1CC(C)[C@@H](C(C)C(=O)N(C)OC)N(C(=O)OC(C)(C)C)C1. The summed E-state index contributed by atoms with van der Waals surface area (Å²) in [5.74, 6) is -0.477. The van der Waals surface area contributed by atoms with Gasteiger partial charge in [-0.25, -0.2) is 9.86 Å². The van der Waals surface area contributed by atoms with Gasteiger partial charge in [-0.05, 0) is 33.1 Å². The zero-order valence-corrected chi connectivity index (χ0v) is 16.2. The third-order valence-electron chi connectivity index (χ3n) is 4.43. The molecule has 7 nitrogen and oxygen atoms in total. The Bertz CT molecular complexity index is 449. The molecule has 0 N–H and O–H groups in total. The average Bonchev–Trinajstić information content (AvgIpc) is 2.50. The van der Waals surface area contributed by atoms with E-state index < -0.39 is 17.6 Å². The molecule has 1 heterocycles. The van der Waals surface area contributed by atoms with E-state index in [1.54, 1.807) is 19.1 Å². The minimum absolute atomic E-state index is 0.0637. The number of likely N-dealkylation sites (tertiary alicyclic amines) is 1. The molecule has 7 heteroatoms. The van der Waals surface area contributed by atoms with Crippen molar-refractivity contribution in [2.24, 2.45) is 11.8 Å². The van der Waals surface area contributed by atoms with Gasteiger partial charge in [0.25, 0.3) is 5.91 Å². The van der Waals surface area contributed by atoms with Crippen LogP contribution in [-0.4, -0.2) is 67.5 Å². The van der Waals surface area contributed by atoms with Gasteiger partial charge < -0.3 is 14.4 Å². The number of amides is 2. The summed E-state index contributed by atoms with van der Waals surface area (Å²) in [6.45, 7) is 9.75. The second-order valence-corrected chi connectivity index (χ2v) is 7.50. The average molecular weight is 344 g/mol. The molecule has 1 aliphatic heterocycles. The number of hydroxylamine groups is 2. The number of piperidine rings is 1. The van der Waals surface area contributed by atoms with Crippen LogP contribution in [0.2, 0.25) is 0 Å². The Morgan fingerprint density at radius 2 is 1.83 bits per heavy atom. The largest absolute Gasteiger partial charge is 0.444 e. The zero-order chi connectivity index (χ0) is 18.7. The van der Waals surface area contributed by atoms with Gasteiger partial charge in [0.15, 0.2) is 0 Å². The van der Waals surface area contributed by atoms with Crippen LogP contribution in [0.3, 0.4) is 0 Å². The molecule has 1 rings (SSSR count). The summed E-state index contributed by atoms with van der Waals surface area (Å²) in [5.41, 5.74) is -0.596.